The number of hydrogen-bond donors (Lipinski definition) is 2. The minimum absolute atomic E-state index is 0.0903. The van der Waals surface area contributed by atoms with Crippen LogP contribution < -0.4 is 11.1 Å². The van der Waals surface area contributed by atoms with Gasteiger partial charge in [0.2, 0.25) is 0 Å². The van der Waals surface area contributed by atoms with Gasteiger partial charge < -0.3 is 11.1 Å². The van der Waals surface area contributed by atoms with Crippen LogP contribution >= 0.6 is 11.8 Å². The van der Waals surface area contributed by atoms with Crippen LogP contribution in [-0.4, -0.2) is 17.5 Å². The van der Waals surface area contributed by atoms with Gasteiger partial charge in [-0.1, -0.05) is 0 Å². The predicted octanol–water partition coefficient (Wildman–Crippen LogP) is 2.85. The lowest BCUT2D eigenvalue weighted by atomic mass is 10.2. The van der Waals surface area contributed by atoms with Crippen LogP contribution in [0.1, 0.15) is 12.8 Å². The molecule has 0 radical (unpaired) electrons. The number of rotatable bonds is 3. The standard InChI is InChI=1S/C11H14F2N2S/c12-8-3-4-9(14)11(10(8)13)15-6-7-2-1-5-16-7/h3-4,7,15H,1-2,5-6,14H2. The van der Waals surface area contributed by atoms with Gasteiger partial charge in [0.1, 0.15) is 0 Å². The van der Waals surface area contributed by atoms with Gasteiger partial charge in [0.05, 0.1) is 11.4 Å². The average molecular weight is 244 g/mol. The van der Waals surface area contributed by atoms with Gasteiger partial charge >= 0.3 is 0 Å². The summed E-state index contributed by atoms with van der Waals surface area (Å²) in [5.41, 5.74) is 5.94. The molecule has 0 spiro atoms. The van der Waals surface area contributed by atoms with Crippen LogP contribution in [0, 0.1) is 11.6 Å². The summed E-state index contributed by atoms with van der Waals surface area (Å²) in [7, 11) is 0. The average Bonchev–Trinajstić information content (AvgIpc) is 2.77. The van der Waals surface area contributed by atoms with Crippen molar-refractivity contribution in [3.05, 3.63) is 23.8 Å². The largest absolute Gasteiger partial charge is 0.397 e. The second-order valence-corrected chi connectivity index (χ2v) is 5.25. The molecule has 1 unspecified atom stereocenters. The normalized spacial score (nSPS) is 20.0. The summed E-state index contributed by atoms with van der Waals surface area (Å²) in [4.78, 5) is 0. The molecular formula is C11H14F2N2S. The highest BCUT2D eigenvalue weighted by Crippen LogP contribution is 2.29. The lowest BCUT2D eigenvalue weighted by Crippen LogP contribution is -2.16. The topological polar surface area (TPSA) is 38.0 Å². The van der Waals surface area contributed by atoms with Crippen LogP contribution in [0.2, 0.25) is 0 Å². The van der Waals surface area contributed by atoms with E-state index in [-0.39, 0.29) is 11.4 Å². The maximum Gasteiger partial charge on any atom is 0.183 e. The van der Waals surface area contributed by atoms with Crippen LogP contribution in [0.25, 0.3) is 0 Å². The fourth-order valence-corrected chi connectivity index (χ4v) is 2.97. The van der Waals surface area contributed by atoms with Crippen molar-refractivity contribution in [2.45, 2.75) is 18.1 Å². The Labute approximate surface area is 97.6 Å². The molecule has 16 heavy (non-hydrogen) atoms. The summed E-state index contributed by atoms with van der Waals surface area (Å²) in [6.07, 6.45) is 2.31. The molecule has 1 heterocycles. The van der Waals surface area contributed by atoms with E-state index in [1.54, 1.807) is 0 Å². The summed E-state index contributed by atoms with van der Waals surface area (Å²) in [6, 6.07) is 2.42. The molecule has 2 nitrogen and oxygen atoms in total. The van der Waals surface area contributed by atoms with E-state index in [4.69, 9.17) is 5.73 Å². The van der Waals surface area contributed by atoms with Gasteiger partial charge in [-0.25, -0.2) is 8.78 Å². The molecule has 1 aromatic rings. The molecule has 5 heteroatoms. The van der Waals surface area contributed by atoms with E-state index in [2.05, 4.69) is 5.32 Å². The monoisotopic (exact) mass is 244 g/mol. The fraction of sp³-hybridized carbons (Fsp3) is 0.455. The zero-order valence-electron chi connectivity index (χ0n) is 8.80. The molecule has 0 saturated carbocycles. The molecule has 1 aliphatic heterocycles. The summed E-state index contributed by atoms with van der Waals surface area (Å²) in [6.45, 7) is 0.634. The third-order valence-electron chi connectivity index (χ3n) is 2.66. The lowest BCUT2D eigenvalue weighted by Gasteiger charge is -2.14. The van der Waals surface area contributed by atoms with Crippen molar-refractivity contribution in [3.8, 4) is 0 Å². The summed E-state index contributed by atoms with van der Waals surface area (Å²) >= 11 is 1.86. The highest BCUT2D eigenvalue weighted by atomic mass is 32.2. The first-order valence-electron chi connectivity index (χ1n) is 5.27. The number of nitrogens with two attached hydrogens (primary N) is 1. The van der Waals surface area contributed by atoms with E-state index in [9.17, 15) is 8.78 Å². The Bertz CT molecular complexity index is 378. The van der Waals surface area contributed by atoms with Crippen LogP contribution in [0.15, 0.2) is 12.1 Å². The molecule has 0 bridgehead atoms. The predicted molar refractivity (Wildman–Crippen MR) is 64.7 cm³/mol. The van der Waals surface area contributed by atoms with E-state index >= 15 is 0 Å². The Kier molecular flexibility index (Phi) is 3.53. The second kappa shape index (κ2) is 4.91. The summed E-state index contributed by atoms with van der Waals surface area (Å²) in [5.74, 6) is -0.605. The van der Waals surface area contributed by atoms with Crippen molar-refractivity contribution in [1.29, 1.82) is 0 Å². The molecule has 1 fully saturated rings. The summed E-state index contributed by atoms with van der Waals surface area (Å²) in [5, 5.41) is 3.38. The number of benzene rings is 1. The van der Waals surface area contributed by atoms with E-state index in [1.165, 1.54) is 12.5 Å². The van der Waals surface area contributed by atoms with Crippen LogP contribution in [-0.2, 0) is 0 Å². The molecule has 0 amide bonds. The lowest BCUT2D eigenvalue weighted by molar-refractivity contribution is 0.511. The van der Waals surface area contributed by atoms with Crippen LogP contribution in [0.3, 0.4) is 0 Å². The van der Waals surface area contributed by atoms with Gasteiger partial charge in [-0.05, 0) is 30.7 Å². The van der Waals surface area contributed by atoms with E-state index in [0.717, 1.165) is 18.2 Å². The van der Waals surface area contributed by atoms with Crippen LogP contribution in [0.5, 0.6) is 0 Å². The maximum atomic E-state index is 13.4. The number of nitrogens with one attached hydrogen (secondary N) is 1. The highest BCUT2D eigenvalue weighted by Gasteiger charge is 2.17. The third kappa shape index (κ3) is 2.40. The molecule has 3 N–H and O–H groups in total. The first-order chi connectivity index (χ1) is 7.68. The van der Waals surface area contributed by atoms with Gasteiger partial charge in [0.15, 0.2) is 11.6 Å². The van der Waals surface area contributed by atoms with E-state index in [1.807, 2.05) is 11.8 Å². The zero-order valence-corrected chi connectivity index (χ0v) is 9.62. The fourth-order valence-electron chi connectivity index (χ4n) is 1.77. The number of anilines is 2. The minimum atomic E-state index is -0.886. The molecule has 0 aliphatic carbocycles. The summed E-state index contributed by atoms with van der Waals surface area (Å²) < 4.78 is 26.4. The minimum Gasteiger partial charge on any atom is -0.397 e. The van der Waals surface area contributed by atoms with Crippen LogP contribution in [0.4, 0.5) is 20.2 Å². The smallest absolute Gasteiger partial charge is 0.183 e. The van der Waals surface area contributed by atoms with Gasteiger partial charge in [0, 0.05) is 11.8 Å². The number of halogens is 2. The van der Waals surface area contributed by atoms with Crippen molar-refractivity contribution in [3.63, 3.8) is 0 Å². The Morgan fingerprint density at radius 1 is 1.44 bits per heavy atom. The van der Waals surface area contributed by atoms with Crippen molar-refractivity contribution < 1.29 is 8.78 Å². The number of thioether (sulfide) groups is 1. The van der Waals surface area contributed by atoms with Crippen molar-refractivity contribution in [2.24, 2.45) is 0 Å². The highest BCUT2D eigenvalue weighted by molar-refractivity contribution is 8.00. The first-order valence-corrected chi connectivity index (χ1v) is 6.32. The molecule has 1 saturated heterocycles. The number of nitrogen functional groups attached to an aromatic ring is 1. The van der Waals surface area contributed by atoms with Crippen molar-refractivity contribution in [1.82, 2.24) is 0 Å². The SMILES string of the molecule is Nc1ccc(F)c(F)c1NCC1CCCS1. The second-order valence-electron chi connectivity index (χ2n) is 3.84. The third-order valence-corrected chi connectivity index (χ3v) is 4.06. The first kappa shape index (κ1) is 11.5. The molecule has 0 aromatic heterocycles. The molecule has 1 atom stereocenters. The van der Waals surface area contributed by atoms with E-state index < -0.39 is 11.6 Å². The molecule has 2 rings (SSSR count). The van der Waals surface area contributed by atoms with Gasteiger partial charge in [0.25, 0.3) is 0 Å². The molecule has 1 aliphatic rings. The number of hydrogen-bond acceptors (Lipinski definition) is 3. The van der Waals surface area contributed by atoms with Crippen molar-refractivity contribution in [2.75, 3.05) is 23.3 Å². The Morgan fingerprint density at radius 3 is 2.94 bits per heavy atom. The van der Waals surface area contributed by atoms with Gasteiger partial charge in [-0.3, -0.25) is 0 Å². The molecule has 88 valence electrons. The zero-order chi connectivity index (χ0) is 11.5. The Balaban J connectivity index is 2.05. The quantitative estimate of drug-likeness (QED) is 0.803. The maximum absolute atomic E-state index is 13.4. The molecular weight excluding hydrogens is 230 g/mol. The van der Waals surface area contributed by atoms with Crippen molar-refractivity contribution >= 4 is 23.1 Å². The van der Waals surface area contributed by atoms with Gasteiger partial charge in [-0.2, -0.15) is 11.8 Å². The van der Waals surface area contributed by atoms with E-state index in [0.29, 0.717) is 11.8 Å². The van der Waals surface area contributed by atoms with Gasteiger partial charge in [-0.15, -0.1) is 0 Å². The molecule has 1 aromatic carbocycles. The Hall–Kier alpha value is -0.970. The Morgan fingerprint density at radius 2 is 2.25 bits per heavy atom.